The third-order valence-corrected chi connectivity index (χ3v) is 11.1. The molecule has 1 aliphatic carbocycles. The first-order chi connectivity index (χ1) is 20.8. The molecule has 3 aliphatic heterocycles. The van der Waals surface area contributed by atoms with Crippen LogP contribution in [0.4, 0.5) is 4.39 Å². The Labute approximate surface area is 252 Å². The maximum Gasteiger partial charge on any atom is 0.250 e. The first kappa shape index (κ1) is 28.3. The maximum absolute atomic E-state index is 14.5. The predicted octanol–water partition coefficient (Wildman–Crippen LogP) is 5.57. The van der Waals surface area contributed by atoms with Crippen molar-refractivity contribution in [3.05, 3.63) is 76.9 Å². The maximum atomic E-state index is 14.5. The molecule has 1 unspecified atom stereocenters. The summed E-state index contributed by atoms with van der Waals surface area (Å²) in [7, 11) is 0. The molecule has 0 radical (unpaired) electrons. The van der Waals surface area contributed by atoms with Gasteiger partial charge in [-0.2, -0.15) is 0 Å². The second kappa shape index (κ2) is 11.2. The van der Waals surface area contributed by atoms with Gasteiger partial charge in [0.25, 0.3) is 0 Å². The van der Waals surface area contributed by atoms with E-state index in [1.807, 2.05) is 11.0 Å². The van der Waals surface area contributed by atoms with E-state index in [9.17, 15) is 14.0 Å². The van der Waals surface area contributed by atoms with E-state index in [0.717, 1.165) is 62.0 Å². The largest absolute Gasteiger partial charge is 0.366 e. The highest BCUT2D eigenvalue weighted by molar-refractivity contribution is 6.04. The quantitative estimate of drug-likeness (QED) is 0.394. The Morgan fingerprint density at radius 1 is 0.977 bits per heavy atom. The molecule has 7 rings (SSSR count). The molecule has 4 heterocycles. The van der Waals surface area contributed by atoms with Gasteiger partial charge in [0.1, 0.15) is 11.6 Å². The van der Waals surface area contributed by atoms with Crippen LogP contribution in [-0.4, -0.2) is 62.9 Å². The highest BCUT2D eigenvalue weighted by Crippen LogP contribution is 2.45. The number of benzene rings is 2. The van der Waals surface area contributed by atoms with Crippen molar-refractivity contribution >= 4 is 22.8 Å². The van der Waals surface area contributed by atoms with E-state index < -0.39 is 5.91 Å². The number of likely N-dealkylation sites (tertiary alicyclic amines) is 1. The van der Waals surface area contributed by atoms with Crippen molar-refractivity contribution in [1.29, 1.82) is 0 Å². The Hall–Kier alpha value is -3.52. The standard InChI is InChI=1S/C35H42FN5O2/c1-23-38-31-10-2-3-11-32(31)41(23)28-21-26-12-13-27(22-28)40(26)19-16-35(24-6-4-7-25(36)20-24)14-17-39(18-15-35)34(43)30-9-5-8-29(30)33(37)42/h2-4,6-7,10-11,20,26-28H,5,8-9,12-19,21-22H2,1H3,(H2,37,42)/t26-,27+,28?. The number of piperidine rings is 2. The van der Waals surface area contributed by atoms with E-state index in [4.69, 9.17) is 10.7 Å². The van der Waals surface area contributed by atoms with Gasteiger partial charge >= 0.3 is 0 Å². The van der Waals surface area contributed by atoms with Crippen molar-refractivity contribution in [1.82, 2.24) is 19.4 Å². The molecule has 8 heteroatoms. The minimum absolute atomic E-state index is 0.0402. The van der Waals surface area contributed by atoms with E-state index in [-0.39, 0.29) is 17.1 Å². The predicted molar refractivity (Wildman–Crippen MR) is 165 cm³/mol. The number of primary amides is 1. The number of nitrogens with two attached hydrogens (primary N) is 1. The van der Waals surface area contributed by atoms with Gasteiger partial charge in [-0.15, -0.1) is 0 Å². The SMILES string of the molecule is Cc1nc2ccccc2n1C1C[C@H]2CC[C@@H](C1)N2CCC1(c2cccc(F)c2)CCN(C(=O)C2=C(C(N)=O)CCC2)CC1. The Morgan fingerprint density at radius 3 is 2.42 bits per heavy atom. The molecule has 3 fully saturated rings. The molecule has 3 aromatic rings. The number of fused-ring (bicyclic) bond motifs is 3. The fraction of sp³-hybridized carbons (Fsp3) is 0.514. The summed E-state index contributed by atoms with van der Waals surface area (Å²) in [4.78, 5) is 34.8. The summed E-state index contributed by atoms with van der Waals surface area (Å²) >= 11 is 0. The van der Waals surface area contributed by atoms with Crippen molar-refractivity contribution in [3.8, 4) is 0 Å². The smallest absolute Gasteiger partial charge is 0.250 e. The number of carbonyl (C=O) groups is 2. The Morgan fingerprint density at radius 2 is 1.70 bits per heavy atom. The van der Waals surface area contributed by atoms with Crippen LogP contribution in [0.5, 0.6) is 0 Å². The highest BCUT2D eigenvalue weighted by Gasteiger charge is 2.44. The van der Waals surface area contributed by atoms with E-state index >= 15 is 0 Å². The molecule has 7 nitrogen and oxygen atoms in total. The number of halogens is 1. The summed E-state index contributed by atoms with van der Waals surface area (Å²) in [5, 5.41) is 0. The number of aromatic nitrogens is 2. The van der Waals surface area contributed by atoms with Crippen molar-refractivity contribution in [3.63, 3.8) is 0 Å². The van der Waals surface area contributed by atoms with E-state index in [0.29, 0.717) is 55.2 Å². The topological polar surface area (TPSA) is 84.5 Å². The summed E-state index contributed by atoms with van der Waals surface area (Å²) < 4.78 is 17.0. The van der Waals surface area contributed by atoms with E-state index in [2.05, 4.69) is 46.7 Å². The number of para-hydroxylation sites is 2. The van der Waals surface area contributed by atoms with Gasteiger partial charge < -0.3 is 15.2 Å². The average molecular weight is 584 g/mol. The molecule has 226 valence electrons. The molecule has 2 N–H and O–H groups in total. The molecule has 0 spiro atoms. The molecule has 2 aromatic carbocycles. The van der Waals surface area contributed by atoms with Crippen LogP contribution in [0.25, 0.3) is 11.0 Å². The molecule has 1 aromatic heterocycles. The number of carbonyl (C=O) groups excluding carboxylic acids is 2. The Balaban J connectivity index is 1.08. The number of imidazole rings is 1. The zero-order valence-corrected chi connectivity index (χ0v) is 25.1. The van der Waals surface area contributed by atoms with Crippen molar-refractivity contribution < 1.29 is 14.0 Å². The third-order valence-electron chi connectivity index (χ3n) is 11.1. The first-order valence-corrected chi connectivity index (χ1v) is 16.1. The molecule has 3 atom stereocenters. The fourth-order valence-electron chi connectivity index (χ4n) is 8.87. The number of hydrogen-bond donors (Lipinski definition) is 1. The second-order valence-electron chi connectivity index (χ2n) is 13.3. The Kier molecular flexibility index (Phi) is 7.36. The van der Waals surface area contributed by atoms with Crippen LogP contribution in [0.1, 0.15) is 81.6 Å². The third kappa shape index (κ3) is 5.07. The minimum atomic E-state index is -0.471. The lowest BCUT2D eigenvalue weighted by Crippen LogP contribution is -2.49. The molecular weight excluding hydrogens is 541 g/mol. The molecule has 2 bridgehead atoms. The number of rotatable bonds is 7. The van der Waals surface area contributed by atoms with Gasteiger partial charge in [-0.1, -0.05) is 24.3 Å². The number of aryl methyl sites for hydroxylation is 1. The van der Waals surface area contributed by atoms with E-state index in [1.54, 1.807) is 6.07 Å². The first-order valence-electron chi connectivity index (χ1n) is 16.1. The lowest BCUT2D eigenvalue weighted by molar-refractivity contribution is -0.129. The zero-order chi connectivity index (χ0) is 29.7. The second-order valence-corrected chi connectivity index (χ2v) is 13.3. The summed E-state index contributed by atoms with van der Waals surface area (Å²) in [5.74, 6) is 0.381. The summed E-state index contributed by atoms with van der Waals surface area (Å²) in [6.07, 6.45) is 9.23. The van der Waals surface area contributed by atoms with Crippen molar-refractivity contribution in [2.24, 2.45) is 5.73 Å². The summed E-state index contributed by atoms with van der Waals surface area (Å²) in [6, 6.07) is 17.1. The molecule has 2 amide bonds. The van der Waals surface area contributed by atoms with Gasteiger partial charge in [-0.05, 0) is 113 Å². The lowest BCUT2D eigenvalue weighted by Gasteiger charge is -2.46. The van der Waals surface area contributed by atoms with Crippen LogP contribution < -0.4 is 5.73 Å². The number of nitrogens with zero attached hydrogens (tertiary/aromatic N) is 4. The fourth-order valence-corrected chi connectivity index (χ4v) is 8.87. The average Bonchev–Trinajstić information content (AvgIpc) is 3.69. The van der Waals surface area contributed by atoms with Gasteiger partial charge in [0.05, 0.1) is 11.0 Å². The van der Waals surface area contributed by atoms with Crippen LogP contribution in [0.3, 0.4) is 0 Å². The molecule has 43 heavy (non-hydrogen) atoms. The minimum Gasteiger partial charge on any atom is -0.366 e. The van der Waals surface area contributed by atoms with Crippen LogP contribution in [0, 0.1) is 12.7 Å². The van der Waals surface area contributed by atoms with Crippen LogP contribution >= 0.6 is 0 Å². The van der Waals surface area contributed by atoms with Gasteiger partial charge in [0, 0.05) is 42.4 Å². The van der Waals surface area contributed by atoms with Crippen molar-refractivity contribution in [2.75, 3.05) is 19.6 Å². The lowest BCUT2D eigenvalue weighted by atomic mass is 9.70. The molecular formula is C35H42FN5O2. The number of hydrogen-bond acceptors (Lipinski definition) is 4. The van der Waals surface area contributed by atoms with Crippen molar-refractivity contribution in [2.45, 2.75) is 94.7 Å². The van der Waals surface area contributed by atoms with Crippen LogP contribution in [0.15, 0.2) is 59.7 Å². The highest BCUT2D eigenvalue weighted by atomic mass is 19.1. The molecule has 4 aliphatic rings. The zero-order valence-electron chi connectivity index (χ0n) is 25.1. The van der Waals surface area contributed by atoms with Gasteiger partial charge in [-0.3, -0.25) is 14.5 Å². The normalized spacial score (nSPS) is 25.5. The van der Waals surface area contributed by atoms with Gasteiger partial charge in [-0.25, -0.2) is 9.37 Å². The van der Waals surface area contributed by atoms with E-state index in [1.165, 1.54) is 24.4 Å². The summed E-state index contributed by atoms with van der Waals surface area (Å²) in [6.45, 7) is 4.32. The monoisotopic (exact) mass is 583 g/mol. The van der Waals surface area contributed by atoms with Gasteiger partial charge in [0.2, 0.25) is 11.8 Å². The number of amides is 2. The van der Waals surface area contributed by atoms with Crippen LogP contribution in [0.2, 0.25) is 0 Å². The molecule has 0 saturated carbocycles. The van der Waals surface area contributed by atoms with Gasteiger partial charge in [0.15, 0.2) is 0 Å². The van der Waals surface area contributed by atoms with Crippen LogP contribution in [-0.2, 0) is 15.0 Å². The Bertz CT molecular complexity index is 1570. The summed E-state index contributed by atoms with van der Waals surface area (Å²) in [5.41, 5.74) is 9.85. The molecule has 3 saturated heterocycles.